The molecule has 102 valence electrons. The molecule has 0 saturated carbocycles. The first-order valence-electron chi connectivity index (χ1n) is 6.25. The van der Waals surface area contributed by atoms with E-state index < -0.39 is 0 Å². The Morgan fingerprint density at radius 3 is 2.95 bits per heavy atom. The molecule has 5 heteroatoms. The van der Waals surface area contributed by atoms with Gasteiger partial charge in [0.2, 0.25) is 0 Å². The molecule has 2 aromatic rings. The van der Waals surface area contributed by atoms with Gasteiger partial charge in [-0.1, -0.05) is 6.07 Å². The highest BCUT2D eigenvalue weighted by Crippen LogP contribution is 2.34. The summed E-state index contributed by atoms with van der Waals surface area (Å²) < 4.78 is 11.9. The molecule has 0 fully saturated rings. The molecule has 0 spiro atoms. The SMILES string of the molecule is O=C(Cc1cncc(Br)c1)c1cccc2c1OCCO2. The first-order chi connectivity index (χ1) is 9.74. The number of carbonyl (C=O) groups is 1. The van der Waals surface area contributed by atoms with Crippen molar-refractivity contribution < 1.29 is 14.3 Å². The zero-order valence-corrected chi connectivity index (χ0v) is 12.2. The molecule has 0 amide bonds. The largest absolute Gasteiger partial charge is 0.486 e. The van der Waals surface area contributed by atoms with Crippen molar-refractivity contribution in [2.75, 3.05) is 13.2 Å². The third-order valence-electron chi connectivity index (χ3n) is 2.99. The van der Waals surface area contributed by atoms with Crippen LogP contribution < -0.4 is 9.47 Å². The van der Waals surface area contributed by atoms with E-state index in [1.54, 1.807) is 24.5 Å². The average molecular weight is 334 g/mol. The molecule has 1 aliphatic rings. The van der Waals surface area contributed by atoms with Gasteiger partial charge in [-0.2, -0.15) is 0 Å². The molecule has 0 saturated heterocycles. The second-order valence-electron chi connectivity index (χ2n) is 4.44. The van der Waals surface area contributed by atoms with Crippen LogP contribution in [0.25, 0.3) is 0 Å². The molecule has 20 heavy (non-hydrogen) atoms. The van der Waals surface area contributed by atoms with Crippen molar-refractivity contribution in [1.82, 2.24) is 4.98 Å². The van der Waals surface area contributed by atoms with Crippen LogP contribution in [0, 0.1) is 0 Å². The van der Waals surface area contributed by atoms with E-state index in [1.165, 1.54) is 0 Å². The molecule has 0 unspecified atom stereocenters. The lowest BCUT2D eigenvalue weighted by Crippen LogP contribution is -2.18. The Hall–Kier alpha value is -1.88. The summed E-state index contributed by atoms with van der Waals surface area (Å²) in [5.41, 5.74) is 1.42. The van der Waals surface area contributed by atoms with Crippen LogP contribution in [0.1, 0.15) is 15.9 Å². The first kappa shape index (κ1) is 13.1. The van der Waals surface area contributed by atoms with Gasteiger partial charge >= 0.3 is 0 Å². The van der Waals surface area contributed by atoms with Gasteiger partial charge in [0, 0.05) is 23.3 Å². The van der Waals surface area contributed by atoms with Gasteiger partial charge in [-0.3, -0.25) is 9.78 Å². The highest BCUT2D eigenvalue weighted by Gasteiger charge is 2.20. The monoisotopic (exact) mass is 333 g/mol. The Morgan fingerprint density at radius 1 is 1.25 bits per heavy atom. The predicted molar refractivity (Wildman–Crippen MR) is 77.4 cm³/mol. The fourth-order valence-corrected chi connectivity index (χ4v) is 2.54. The Kier molecular flexibility index (Phi) is 3.69. The lowest BCUT2D eigenvalue weighted by molar-refractivity contribution is 0.0981. The summed E-state index contributed by atoms with van der Waals surface area (Å²) in [6.45, 7) is 0.982. The quantitative estimate of drug-likeness (QED) is 0.810. The van der Waals surface area contributed by atoms with Gasteiger partial charge in [0.15, 0.2) is 17.3 Å². The summed E-state index contributed by atoms with van der Waals surface area (Å²) >= 11 is 3.35. The van der Waals surface area contributed by atoms with Crippen LogP contribution in [0.4, 0.5) is 0 Å². The number of carbonyl (C=O) groups excluding carboxylic acids is 1. The van der Waals surface area contributed by atoms with E-state index in [9.17, 15) is 4.79 Å². The molecule has 0 atom stereocenters. The van der Waals surface area contributed by atoms with Crippen LogP contribution in [-0.4, -0.2) is 24.0 Å². The van der Waals surface area contributed by atoms with E-state index in [2.05, 4.69) is 20.9 Å². The molecular formula is C15H12BrNO3. The summed E-state index contributed by atoms with van der Waals surface area (Å²) in [6.07, 6.45) is 3.66. The topological polar surface area (TPSA) is 48.4 Å². The summed E-state index contributed by atoms with van der Waals surface area (Å²) in [5, 5.41) is 0. The molecule has 0 radical (unpaired) electrons. The van der Waals surface area contributed by atoms with E-state index in [0.29, 0.717) is 30.3 Å². The number of pyridine rings is 1. The van der Waals surface area contributed by atoms with Crippen LogP contribution in [0.2, 0.25) is 0 Å². The van der Waals surface area contributed by atoms with Crippen molar-refractivity contribution in [2.45, 2.75) is 6.42 Å². The highest BCUT2D eigenvalue weighted by molar-refractivity contribution is 9.10. The molecule has 1 aliphatic heterocycles. The van der Waals surface area contributed by atoms with Gasteiger partial charge in [0.25, 0.3) is 0 Å². The Balaban J connectivity index is 1.88. The summed E-state index contributed by atoms with van der Waals surface area (Å²) in [4.78, 5) is 16.5. The number of halogens is 1. The number of hydrogen-bond acceptors (Lipinski definition) is 4. The van der Waals surface area contributed by atoms with Crippen molar-refractivity contribution in [3.05, 3.63) is 52.3 Å². The van der Waals surface area contributed by atoms with Crippen LogP contribution in [-0.2, 0) is 6.42 Å². The van der Waals surface area contributed by atoms with Gasteiger partial charge in [-0.25, -0.2) is 0 Å². The number of para-hydroxylation sites is 1. The first-order valence-corrected chi connectivity index (χ1v) is 7.04. The molecule has 3 rings (SSSR count). The van der Waals surface area contributed by atoms with Crippen LogP contribution in [0.3, 0.4) is 0 Å². The third kappa shape index (κ3) is 2.67. The maximum Gasteiger partial charge on any atom is 0.172 e. The molecule has 2 heterocycles. The molecule has 0 N–H and O–H groups in total. The maximum absolute atomic E-state index is 12.4. The number of nitrogens with zero attached hydrogens (tertiary/aromatic N) is 1. The predicted octanol–water partition coefficient (Wildman–Crippen LogP) is 3.04. The van der Waals surface area contributed by atoms with Gasteiger partial charge in [-0.05, 0) is 39.7 Å². The lowest BCUT2D eigenvalue weighted by atomic mass is 10.0. The van der Waals surface area contributed by atoms with E-state index in [4.69, 9.17) is 9.47 Å². The molecule has 1 aromatic heterocycles. The number of hydrogen-bond donors (Lipinski definition) is 0. The number of rotatable bonds is 3. The van der Waals surface area contributed by atoms with Gasteiger partial charge < -0.3 is 9.47 Å². The van der Waals surface area contributed by atoms with E-state index in [0.717, 1.165) is 10.0 Å². The summed E-state index contributed by atoms with van der Waals surface area (Å²) in [6, 6.07) is 7.27. The average Bonchev–Trinajstić information content (AvgIpc) is 2.46. The number of ketones is 1. The van der Waals surface area contributed by atoms with Crippen molar-refractivity contribution in [2.24, 2.45) is 0 Å². The normalized spacial score (nSPS) is 13.1. The molecular weight excluding hydrogens is 322 g/mol. The van der Waals surface area contributed by atoms with Crippen molar-refractivity contribution in [3.63, 3.8) is 0 Å². The molecule has 0 bridgehead atoms. The summed E-state index contributed by atoms with van der Waals surface area (Å²) in [7, 11) is 0. The third-order valence-corrected chi connectivity index (χ3v) is 3.43. The summed E-state index contributed by atoms with van der Waals surface area (Å²) in [5.74, 6) is 1.17. The van der Waals surface area contributed by atoms with Crippen LogP contribution in [0.15, 0.2) is 41.1 Å². The van der Waals surface area contributed by atoms with E-state index in [-0.39, 0.29) is 12.2 Å². The fraction of sp³-hybridized carbons (Fsp3) is 0.200. The second-order valence-corrected chi connectivity index (χ2v) is 5.36. The Labute approximate surface area is 124 Å². The van der Waals surface area contributed by atoms with Crippen LogP contribution >= 0.6 is 15.9 Å². The van der Waals surface area contributed by atoms with E-state index in [1.807, 2.05) is 12.1 Å². The number of ether oxygens (including phenoxy) is 2. The zero-order chi connectivity index (χ0) is 13.9. The Morgan fingerprint density at radius 2 is 2.10 bits per heavy atom. The Bertz CT molecular complexity index is 657. The minimum atomic E-state index is -0.00718. The van der Waals surface area contributed by atoms with E-state index >= 15 is 0 Å². The van der Waals surface area contributed by atoms with Gasteiger partial charge in [0.1, 0.15) is 13.2 Å². The van der Waals surface area contributed by atoms with Crippen molar-refractivity contribution in [3.8, 4) is 11.5 Å². The smallest absolute Gasteiger partial charge is 0.172 e. The van der Waals surface area contributed by atoms with Gasteiger partial charge in [0.05, 0.1) is 5.56 Å². The minimum absolute atomic E-state index is 0.00718. The minimum Gasteiger partial charge on any atom is -0.486 e. The number of aromatic nitrogens is 1. The lowest BCUT2D eigenvalue weighted by Gasteiger charge is -2.20. The number of Topliss-reactive ketones (excluding diaryl/α,β-unsaturated/α-hetero) is 1. The number of fused-ring (bicyclic) bond motifs is 1. The van der Waals surface area contributed by atoms with Crippen molar-refractivity contribution in [1.29, 1.82) is 0 Å². The maximum atomic E-state index is 12.4. The van der Waals surface area contributed by atoms with Crippen LogP contribution in [0.5, 0.6) is 11.5 Å². The highest BCUT2D eigenvalue weighted by atomic mass is 79.9. The molecule has 4 nitrogen and oxygen atoms in total. The zero-order valence-electron chi connectivity index (χ0n) is 10.6. The molecule has 0 aliphatic carbocycles. The van der Waals surface area contributed by atoms with Crippen molar-refractivity contribution >= 4 is 21.7 Å². The van der Waals surface area contributed by atoms with Gasteiger partial charge in [-0.15, -0.1) is 0 Å². The standard InChI is InChI=1S/C15H12BrNO3/c16-11-6-10(8-17-9-11)7-13(18)12-2-1-3-14-15(12)20-5-4-19-14/h1-3,6,8-9H,4-5,7H2. The fourth-order valence-electron chi connectivity index (χ4n) is 2.13. The number of benzene rings is 1. The second kappa shape index (κ2) is 5.63. The molecule has 1 aromatic carbocycles.